The van der Waals surface area contributed by atoms with Crippen molar-refractivity contribution in [3.63, 3.8) is 0 Å². The molecule has 0 spiro atoms. The van der Waals surface area contributed by atoms with E-state index < -0.39 is 0 Å². The summed E-state index contributed by atoms with van der Waals surface area (Å²) in [4.78, 5) is 0. The zero-order valence-electron chi connectivity index (χ0n) is 5.52. The van der Waals surface area contributed by atoms with E-state index in [-0.39, 0.29) is 5.54 Å². The average Bonchev–Trinajstić information content (AvgIpc) is 1.59. The summed E-state index contributed by atoms with van der Waals surface area (Å²) in [7, 11) is 0. The second-order valence-corrected chi connectivity index (χ2v) is 2.42. The molecule has 8 heavy (non-hydrogen) atoms. The number of hydrogen-bond donors (Lipinski definition) is 1. The van der Waals surface area contributed by atoms with Gasteiger partial charge in [-0.3, -0.25) is 0 Å². The van der Waals surface area contributed by atoms with E-state index in [4.69, 9.17) is 5.73 Å². The van der Waals surface area contributed by atoms with E-state index in [2.05, 4.69) is 6.58 Å². The van der Waals surface area contributed by atoms with Crippen LogP contribution in [0.5, 0.6) is 0 Å². The SMILES string of the molecule is C=C/C=C\C(C)(C)N. The molecule has 0 aromatic heterocycles. The summed E-state index contributed by atoms with van der Waals surface area (Å²) >= 11 is 0. The van der Waals surface area contributed by atoms with Crippen molar-refractivity contribution >= 4 is 0 Å². The molecule has 0 fully saturated rings. The van der Waals surface area contributed by atoms with Gasteiger partial charge in [-0.1, -0.05) is 24.8 Å². The summed E-state index contributed by atoms with van der Waals surface area (Å²) < 4.78 is 0. The monoisotopic (exact) mass is 111 g/mol. The minimum absolute atomic E-state index is 0.200. The molecule has 0 rings (SSSR count). The van der Waals surface area contributed by atoms with Crippen LogP contribution >= 0.6 is 0 Å². The second-order valence-electron chi connectivity index (χ2n) is 2.42. The molecule has 0 bridgehead atoms. The van der Waals surface area contributed by atoms with E-state index in [1.165, 1.54) is 0 Å². The number of allylic oxidation sites excluding steroid dienone is 2. The maximum absolute atomic E-state index is 5.59. The molecule has 0 heterocycles. The van der Waals surface area contributed by atoms with E-state index in [1.54, 1.807) is 6.08 Å². The molecule has 0 radical (unpaired) electrons. The fourth-order valence-electron chi connectivity index (χ4n) is 0.316. The lowest BCUT2D eigenvalue weighted by Gasteiger charge is -2.10. The highest BCUT2D eigenvalue weighted by Crippen LogP contribution is 1.96. The van der Waals surface area contributed by atoms with Crippen molar-refractivity contribution in [2.24, 2.45) is 5.73 Å². The lowest BCUT2D eigenvalue weighted by atomic mass is 10.1. The molecule has 0 aromatic rings. The first kappa shape index (κ1) is 7.44. The lowest BCUT2D eigenvalue weighted by molar-refractivity contribution is 0.654. The molecule has 0 aromatic carbocycles. The van der Waals surface area contributed by atoms with Crippen molar-refractivity contribution in [3.05, 3.63) is 24.8 Å². The van der Waals surface area contributed by atoms with Crippen LogP contribution in [0.15, 0.2) is 24.8 Å². The Balaban J connectivity index is 3.69. The topological polar surface area (TPSA) is 26.0 Å². The largest absolute Gasteiger partial charge is 0.322 e. The minimum Gasteiger partial charge on any atom is -0.322 e. The molecule has 46 valence electrons. The van der Waals surface area contributed by atoms with Gasteiger partial charge in [0.2, 0.25) is 0 Å². The van der Waals surface area contributed by atoms with Crippen LogP contribution in [0, 0.1) is 0 Å². The molecule has 0 saturated carbocycles. The summed E-state index contributed by atoms with van der Waals surface area (Å²) in [6, 6.07) is 0. The third kappa shape index (κ3) is 5.44. The van der Waals surface area contributed by atoms with E-state index in [9.17, 15) is 0 Å². The fourth-order valence-corrected chi connectivity index (χ4v) is 0.316. The highest BCUT2D eigenvalue weighted by atomic mass is 14.7. The standard InChI is InChI=1S/C7H13N/c1-4-5-6-7(2,3)8/h4-6H,1,8H2,2-3H3/b6-5-. The molecule has 0 aliphatic rings. The van der Waals surface area contributed by atoms with Crippen LogP contribution in [0.2, 0.25) is 0 Å². The van der Waals surface area contributed by atoms with E-state index in [0.29, 0.717) is 0 Å². The number of hydrogen-bond acceptors (Lipinski definition) is 1. The molecule has 1 heteroatoms. The molecular formula is C7H13N. The van der Waals surface area contributed by atoms with Gasteiger partial charge in [-0.05, 0) is 13.8 Å². The smallest absolute Gasteiger partial charge is 0.0284 e. The van der Waals surface area contributed by atoms with Gasteiger partial charge in [-0.2, -0.15) is 0 Å². The maximum atomic E-state index is 5.59. The first-order valence-corrected chi connectivity index (χ1v) is 2.65. The summed E-state index contributed by atoms with van der Waals surface area (Å²) in [5.74, 6) is 0. The number of nitrogens with two attached hydrogens (primary N) is 1. The predicted molar refractivity (Wildman–Crippen MR) is 37.6 cm³/mol. The third-order valence-corrected chi connectivity index (χ3v) is 0.662. The average molecular weight is 111 g/mol. The summed E-state index contributed by atoms with van der Waals surface area (Å²) in [5.41, 5.74) is 5.39. The fraction of sp³-hybridized carbons (Fsp3) is 0.429. The van der Waals surface area contributed by atoms with Crippen molar-refractivity contribution in [1.29, 1.82) is 0 Å². The van der Waals surface area contributed by atoms with Gasteiger partial charge in [0.1, 0.15) is 0 Å². The van der Waals surface area contributed by atoms with Crippen LogP contribution in [-0.2, 0) is 0 Å². The van der Waals surface area contributed by atoms with Crippen LogP contribution in [0.1, 0.15) is 13.8 Å². The molecule has 0 saturated heterocycles. The molecule has 0 amide bonds. The van der Waals surface area contributed by atoms with Crippen LogP contribution in [0.25, 0.3) is 0 Å². The van der Waals surface area contributed by atoms with E-state index >= 15 is 0 Å². The first-order valence-electron chi connectivity index (χ1n) is 2.65. The van der Waals surface area contributed by atoms with Gasteiger partial charge in [-0.15, -0.1) is 0 Å². The second kappa shape index (κ2) is 2.68. The van der Waals surface area contributed by atoms with Crippen LogP contribution < -0.4 is 5.73 Å². The molecule has 1 nitrogen and oxygen atoms in total. The highest BCUT2D eigenvalue weighted by molar-refractivity contribution is 5.06. The van der Waals surface area contributed by atoms with Gasteiger partial charge in [0.25, 0.3) is 0 Å². The van der Waals surface area contributed by atoms with Gasteiger partial charge in [0.15, 0.2) is 0 Å². The third-order valence-electron chi connectivity index (χ3n) is 0.662. The Morgan fingerprint density at radius 1 is 1.50 bits per heavy atom. The van der Waals surface area contributed by atoms with E-state index in [1.807, 2.05) is 26.0 Å². The van der Waals surface area contributed by atoms with Crippen LogP contribution in [0.4, 0.5) is 0 Å². The quantitative estimate of drug-likeness (QED) is 0.536. The van der Waals surface area contributed by atoms with Crippen molar-refractivity contribution in [3.8, 4) is 0 Å². The normalized spacial score (nSPS) is 12.4. The van der Waals surface area contributed by atoms with Crippen molar-refractivity contribution < 1.29 is 0 Å². The molecule has 0 atom stereocenters. The van der Waals surface area contributed by atoms with Crippen LogP contribution in [-0.4, -0.2) is 5.54 Å². The van der Waals surface area contributed by atoms with Gasteiger partial charge < -0.3 is 5.73 Å². The Morgan fingerprint density at radius 3 is 2.12 bits per heavy atom. The molecule has 0 aliphatic heterocycles. The molecule has 0 aliphatic carbocycles. The minimum atomic E-state index is -0.200. The Kier molecular flexibility index (Phi) is 2.49. The zero-order chi connectivity index (χ0) is 6.62. The predicted octanol–water partition coefficient (Wildman–Crippen LogP) is 1.47. The van der Waals surface area contributed by atoms with Crippen LogP contribution in [0.3, 0.4) is 0 Å². The van der Waals surface area contributed by atoms with Gasteiger partial charge >= 0.3 is 0 Å². The van der Waals surface area contributed by atoms with Crippen molar-refractivity contribution in [2.45, 2.75) is 19.4 Å². The van der Waals surface area contributed by atoms with Crippen molar-refractivity contribution in [2.75, 3.05) is 0 Å². The van der Waals surface area contributed by atoms with Gasteiger partial charge in [0.05, 0.1) is 0 Å². The molecular weight excluding hydrogens is 98.1 g/mol. The van der Waals surface area contributed by atoms with E-state index in [0.717, 1.165) is 0 Å². The first-order chi connectivity index (χ1) is 3.56. The number of rotatable bonds is 2. The Hall–Kier alpha value is -0.560. The molecule has 0 unspecified atom stereocenters. The highest BCUT2D eigenvalue weighted by Gasteiger charge is 2.01. The summed E-state index contributed by atoms with van der Waals surface area (Å²) in [5, 5.41) is 0. The summed E-state index contributed by atoms with van der Waals surface area (Å²) in [6.07, 6.45) is 5.47. The Labute approximate surface area is 50.9 Å². The maximum Gasteiger partial charge on any atom is 0.0284 e. The van der Waals surface area contributed by atoms with Gasteiger partial charge in [-0.25, -0.2) is 0 Å². The lowest BCUT2D eigenvalue weighted by Crippen LogP contribution is -2.28. The summed E-state index contributed by atoms with van der Waals surface area (Å²) in [6.45, 7) is 7.40. The Bertz CT molecular complexity index is 95.4. The van der Waals surface area contributed by atoms with Crippen molar-refractivity contribution in [1.82, 2.24) is 0 Å². The molecule has 2 N–H and O–H groups in total. The van der Waals surface area contributed by atoms with Gasteiger partial charge in [0, 0.05) is 5.54 Å². The zero-order valence-corrected chi connectivity index (χ0v) is 5.52. The Morgan fingerprint density at radius 2 is 2.00 bits per heavy atom.